The number of nitrogen functional groups attached to an aromatic ring is 2. The van der Waals surface area contributed by atoms with Crippen molar-refractivity contribution in [2.75, 3.05) is 43.4 Å². The third-order valence-electron chi connectivity index (χ3n) is 6.85. The summed E-state index contributed by atoms with van der Waals surface area (Å²) in [6.45, 7) is 7.84. The van der Waals surface area contributed by atoms with Crippen molar-refractivity contribution < 1.29 is 4.79 Å². The van der Waals surface area contributed by atoms with Crippen molar-refractivity contribution in [1.29, 1.82) is 0 Å². The number of hydrogen-bond acceptors (Lipinski definition) is 8. The normalized spacial score (nSPS) is 20.5. The Hall–Kier alpha value is -2.17. The second-order valence-electron chi connectivity index (χ2n) is 8.93. The van der Waals surface area contributed by atoms with E-state index in [4.69, 9.17) is 34.8 Å². The number of anilines is 2. The van der Waals surface area contributed by atoms with Gasteiger partial charge in [0.2, 0.25) is 0 Å². The Labute approximate surface area is 210 Å². The molecule has 2 saturated heterocycles. The minimum atomic E-state index is -0.614. The summed E-state index contributed by atoms with van der Waals surface area (Å²) in [5.41, 5.74) is 9.22. The smallest absolute Gasteiger partial charge is 0.287 e. The van der Waals surface area contributed by atoms with Crippen LogP contribution in [0.15, 0.2) is 24.3 Å². The number of benzene rings is 1. The second kappa shape index (κ2) is 11.0. The average molecular weight is 507 g/mol. The maximum atomic E-state index is 11.8. The molecule has 34 heavy (non-hydrogen) atoms. The van der Waals surface area contributed by atoms with Crippen LogP contribution >= 0.6 is 23.2 Å². The monoisotopic (exact) mass is 506 g/mol. The van der Waals surface area contributed by atoms with Crippen LogP contribution in [0.2, 0.25) is 10.2 Å². The number of piperidine rings is 1. The van der Waals surface area contributed by atoms with Crippen LogP contribution in [0.3, 0.4) is 0 Å². The molecular weight excluding hydrogens is 475 g/mol. The zero-order valence-corrected chi connectivity index (χ0v) is 20.9. The Morgan fingerprint density at radius 1 is 1.12 bits per heavy atom. The van der Waals surface area contributed by atoms with E-state index in [1.54, 1.807) is 0 Å². The first-order valence-electron chi connectivity index (χ1n) is 11.7. The number of aromatic nitrogens is 2. The summed E-state index contributed by atoms with van der Waals surface area (Å²) in [5, 5.41) is 0.936. The summed E-state index contributed by atoms with van der Waals surface area (Å²) in [7, 11) is 0. The molecule has 0 aliphatic carbocycles. The van der Waals surface area contributed by atoms with Gasteiger partial charge in [-0.2, -0.15) is 0 Å². The molecule has 1 amide bonds. The van der Waals surface area contributed by atoms with Crippen molar-refractivity contribution in [2.45, 2.75) is 44.8 Å². The van der Waals surface area contributed by atoms with Crippen molar-refractivity contribution in [2.24, 2.45) is 5.84 Å². The highest BCUT2D eigenvalue weighted by molar-refractivity contribution is 6.32. The molecule has 2 aliphatic rings. The van der Waals surface area contributed by atoms with Crippen LogP contribution in [0, 0.1) is 0 Å². The zero-order chi connectivity index (χ0) is 24.2. The largest absolute Gasteiger partial charge is 0.382 e. The number of nitrogens with one attached hydrogen (secondary N) is 1. The number of halogens is 2. The molecule has 1 atom stereocenters. The lowest BCUT2D eigenvalue weighted by atomic mass is 9.98. The minimum absolute atomic E-state index is 0.0193. The Balaban J connectivity index is 1.36. The van der Waals surface area contributed by atoms with Gasteiger partial charge in [0, 0.05) is 43.3 Å². The van der Waals surface area contributed by atoms with Crippen LogP contribution in [-0.4, -0.2) is 70.5 Å². The zero-order valence-electron chi connectivity index (χ0n) is 19.4. The highest BCUT2D eigenvalue weighted by Crippen LogP contribution is 2.30. The Morgan fingerprint density at radius 3 is 2.47 bits per heavy atom. The molecular formula is C23H32Cl2N8O. The van der Waals surface area contributed by atoms with Gasteiger partial charge in [0.05, 0.1) is 0 Å². The summed E-state index contributed by atoms with van der Waals surface area (Å²) in [6.07, 6.45) is 3.33. The van der Waals surface area contributed by atoms with Crippen LogP contribution in [0.25, 0.3) is 0 Å². The van der Waals surface area contributed by atoms with E-state index in [0.29, 0.717) is 17.9 Å². The molecule has 2 fully saturated rings. The van der Waals surface area contributed by atoms with Crippen LogP contribution in [0.5, 0.6) is 0 Å². The standard InChI is InChI=1S/C23H32Cl2N8O/c1-2-17-14-32(22-20(25)28-19(21(26)29-22)23(34)30-27)11-12-33(17)18-7-9-31(10-8-18)13-15-3-5-16(24)6-4-15/h3-6,17-18H,2,7-14,27H2,1H3,(H2,26,29)(H,30,34)/t17-/m0/s1. The molecule has 11 heteroatoms. The lowest BCUT2D eigenvalue weighted by molar-refractivity contribution is 0.0610. The Morgan fingerprint density at radius 2 is 1.82 bits per heavy atom. The quantitative estimate of drug-likeness (QED) is 0.310. The number of rotatable bonds is 6. The van der Waals surface area contributed by atoms with Crippen molar-refractivity contribution >= 4 is 40.7 Å². The van der Waals surface area contributed by atoms with E-state index in [1.807, 2.05) is 17.6 Å². The van der Waals surface area contributed by atoms with E-state index in [1.165, 1.54) is 5.56 Å². The van der Waals surface area contributed by atoms with E-state index in [2.05, 4.69) is 43.7 Å². The molecule has 3 heterocycles. The van der Waals surface area contributed by atoms with Gasteiger partial charge in [-0.25, -0.2) is 15.8 Å². The molecule has 0 spiro atoms. The predicted molar refractivity (Wildman–Crippen MR) is 136 cm³/mol. The molecule has 5 N–H and O–H groups in total. The molecule has 4 rings (SSSR count). The number of amides is 1. The second-order valence-corrected chi connectivity index (χ2v) is 9.72. The van der Waals surface area contributed by atoms with Gasteiger partial charge in [-0.05, 0) is 50.0 Å². The number of hydrazine groups is 1. The number of piperazine rings is 1. The summed E-state index contributed by atoms with van der Waals surface area (Å²) < 4.78 is 0. The molecule has 184 valence electrons. The van der Waals surface area contributed by atoms with Crippen molar-refractivity contribution in [3.63, 3.8) is 0 Å². The first kappa shape index (κ1) is 24.9. The van der Waals surface area contributed by atoms with Gasteiger partial charge in [0.25, 0.3) is 5.91 Å². The first-order valence-corrected chi connectivity index (χ1v) is 12.5. The lowest BCUT2D eigenvalue weighted by Crippen LogP contribution is -2.58. The summed E-state index contributed by atoms with van der Waals surface area (Å²) >= 11 is 12.4. The Kier molecular flexibility index (Phi) is 8.10. The number of nitrogens with two attached hydrogens (primary N) is 2. The highest BCUT2D eigenvalue weighted by atomic mass is 35.5. The molecule has 9 nitrogen and oxygen atoms in total. The topological polar surface area (TPSA) is 117 Å². The van der Waals surface area contributed by atoms with Gasteiger partial charge in [-0.1, -0.05) is 42.3 Å². The van der Waals surface area contributed by atoms with Crippen LogP contribution in [-0.2, 0) is 6.54 Å². The average Bonchev–Trinajstić information content (AvgIpc) is 2.86. The van der Waals surface area contributed by atoms with Crippen LogP contribution < -0.4 is 21.9 Å². The minimum Gasteiger partial charge on any atom is -0.382 e. The van der Waals surface area contributed by atoms with E-state index in [-0.39, 0.29) is 16.7 Å². The fraction of sp³-hybridized carbons (Fsp3) is 0.522. The molecule has 0 saturated carbocycles. The van der Waals surface area contributed by atoms with Gasteiger partial charge >= 0.3 is 0 Å². The van der Waals surface area contributed by atoms with Crippen molar-refractivity contribution in [1.82, 2.24) is 25.2 Å². The summed E-state index contributed by atoms with van der Waals surface area (Å²) in [5.74, 6) is 5.11. The number of hydrogen-bond donors (Lipinski definition) is 3. The fourth-order valence-electron chi connectivity index (χ4n) is 5.02. The van der Waals surface area contributed by atoms with Crippen molar-refractivity contribution in [3.05, 3.63) is 45.7 Å². The van der Waals surface area contributed by atoms with Crippen molar-refractivity contribution in [3.8, 4) is 0 Å². The molecule has 1 aromatic heterocycles. The van der Waals surface area contributed by atoms with Gasteiger partial charge in [0.15, 0.2) is 22.5 Å². The number of nitrogens with zero attached hydrogens (tertiary/aromatic N) is 5. The van der Waals surface area contributed by atoms with E-state index < -0.39 is 5.91 Å². The van der Waals surface area contributed by atoms with Crippen LogP contribution in [0.1, 0.15) is 42.2 Å². The van der Waals surface area contributed by atoms with Gasteiger partial charge < -0.3 is 10.6 Å². The number of likely N-dealkylation sites (tertiary alicyclic amines) is 1. The van der Waals surface area contributed by atoms with Gasteiger partial charge in [-0.3, -0.25) is 20.0 Å². The van der Waals surface area contributed by atoms with E-state index in [9.17, 15) is 4.79 Å². The predicted octanol–water partition coefficient (Wildman–Crippen LogP) is 2.53. The van der Waals surface area contributed by atoms with E-state index >= 15 is 0 Å². The molecule has 2 aliphatic heterocycles. The maximum Gasteiger partial charge on any atom is 0.287 e. The van der Waals surface area contributed by atoms with Crippen LogP contribution in [0.4, 0.5) is 11.6 Å². The molecule has 0 bridgehead atoms. The first-order chi connectivity index (χ1) is 16.4. The van der Waals surface area contributed by atoms with Gasteiger partial charge in [0.1, 0.15) is 0 Å². The summed E-state index contributed by atoms with van der Waals surface area (Å²) in [6, 6.07) is 9.08. The summed E-state index contributed by atoms with van der Waals surface area (Å²) in [4.78, 5) is 27.6. The number of carbonyl (C=O) groups is 1. The third-order valence-corrected chi connectivity index (χ3v) is 7.36. The highest BCUT2D eigenvalue weighted by Gasteiger charge is 2.34. The van der Waals surface area contributed by atoms with E-state index in [0.717, 1.165) is 63.6 Å². The fourth-order valence-corrected chi connectivity index (χ4v) is 5.39. The molecule has 0 unspecified atom stereocenters. The Bertz CT molecular complexity index is 997. The number of carbonyl (C=O) groups excluding carboxylic acids is 1. The van der Waals surface area contributed by atoms with Gasteiger partial charge in [-0.15, -0.1) is 0 Å². The maximum absolute atomic E-state index is 11.8. The lowest BCUT2D eigenvalue weighted by Gasteiger charge is -2.47. The molecule has 0 radical (unpaired) electrons. The SMILES string of the molecule is CC[C@H]1CN(c2nc(N)c(C(=O)NN)nc2Cl)CCN1C1CCN(Cc2ccc(Cl)cc2)CC1. The molecule has 2 aromatic rings. The molecule has 1 aromatic carbocycles. The third kappa shape index (κ3) is 5.55.